The summed E-state index contributed by atoms with van der Waals surface area (Å²) in [5, 5.41) is 0. The number of quaternary nitrogens is 1. The van der Waals surface area contributed by atoms with Crippen molar-refractivity contribution in [2.24, 2.45) is 0 Å². The molecule has 1 N–H and O–H groups in total. The van der Waals surface area contributed by atoms with Crippen LogP contribution in [0.25, 0.3) is 0 Å². The molecular weight excluding hydrogens is 725 g/mol. The first-order valence-electron chi connectivity index (χ1n) is 21.3. The zero-order chi connectivity index (χ0) is 41.4. The van der Waals surface area contributed by atoms with Gasteiger partial charge >= 0.3 is 19.8 Å². The van der Waals surface area contributed by atoms with Gasteiger partial charge in [-0.1, -0.05) is 150 Å². The highest BCUT2D eigenvalue weighted by atomic mass is 31.2. The Bertz CT molecular complexity index is 1230. The number of unbranched alkanes of at least 4 members (excludes halogenated alkanes) is 9. The van der Waals surface area contributed by atoms with Crippen molar-refractivity contribution >= 4 is 19.8 Å². The van der Waals surface area contributed by atoms with E-state index in [1.807, 2.05) is 45.4 Å². The van der Waals surface area contributed by atoms with Gasteiger partial charge in [0.25, 0.3) is 0 Å². The summed E-state index contributed by atoms with van der Waals surface area (Å²) >= 11 is 0. The first-order valence-corrected chi connectivity index (χ1v) is 22.8. The van der Waals surface area contributed by atoms with Crippen molar-refractivity contribution in [3.8, 4) is 0 Å². The van der Waals surface area contributed by atoms with E-state index in [4.69, 9.17) is 18.5 Å². The number of nitrogens with zero attached hydrogens (tertiary/aromatic N) is 1. The van der Waals surface area contributed by atoms with E-state index < -0.39 is 32.5 Å². The summed E-state index contributed by atoms with van der Waals surface area (Å²) in [5.74, 6) is -0.982. The molecule has 0 bridgehead atoms. The van der Waals surface area contributed by atoms with Crippen molar-refractivity contribution in [1.82, 2.24) is 0 Å². The van der Waals surface area contributed by atoms with Gasteiger partial charge in [-0.05, 0) is 64.2 Å². The Hall–Kier alpha value is -2.81. The molecule has 320 valence electrons. The molecule has 0 aromatic carbocycles. The number of hydrogen-bond donors (Lipinski definition) is 1. The zero-order valence-electron chi connectivity index (χ0n) is 35.8. The third kappa shape index (κ3) is 40.8. The summed E-state index contributed by atoms with van der Waals surface area (Å²) in [6.45, 7) is 4.17. The standard InChI is InChI=1S/C46H78NO8P/c1-6-8-10-12-14-16-18-20-22-23-25-27-29-31-33-35-37-39-46(49)55-44(43-54-56(50,51)53-41-40-47(3,4)5)42-52-45(48)38-36-34-32-30-28-26-24-21-19-17-15-13-11-9-7-2/h10,12,16,18,22-23,26-29,32-35,44H,6-9,11,13-15,17,19-21,24-25,30-31,36-43H2,1-5H3/p+1/b12-10-,18-16-,23-22-,28-26-,29-27-,34-32-,35-33-. The van der Waals surface area contributed by atoms with Gasteiger partial charge in [-0.3, -0.25) is 18.6 Å². The summed E-state index contributed by atoms with van der Waals surface area (Å²) in [6.07, 6.45) is 48.1. The van der Waals surface area contributed by atoms with E-state index in [2.05, 4.69) is 74.6 Å². The van der Waals surface area contributed by atoms with E-state index in [1.54, 1.807) is 0 Å². The second-order valence-corrected chi connectivity index (χ2v) is 16.5. The maximum absolute atomic E-state index is 12.6. The van der Waals surface area contributed by atoms with Crippen LogP contribution < -0.4 is 0 Å². The van der Waals surface area contributed by atoms with Crippen LogP contribution in [0.1, 0.15) is 142 Å². The van der Waals surface area contributed by atoms with Crippen molar-refractivity contribution in [2.45, 2.75) is 148 Å². The van der Waals surface area contributed by atoms with Gasteiger partial charge in [-0.15, -0.1) is 0 Å². The Labute approximate surface area is 341 Å². The predicted molar refractivity (Wildman–Crippen MR) is 233 cm³/mol. The summed E-state index contributed by atoms with van der Waals surface area (Å²) < 4.78 is 34.1. The molecule has 0 rings (SSSR count). The van der Waals surface area contributed by atoms with Gasteiger partial charge in [0.2, 0.25) is 0 Å². The fourth-order valence-corrected chi connectivity index (χ4v) is 5.80. The van der Waals surface area contributed by atoms with Crippen molar-refractivity contribution in [2.75, 3.05) is 47.5 Å². The lowest BCUT2D eigenvalue weighted by Gasteiger charge is -2.24. The maximum atomic E-state index is 12.6. The van der Waals surface area contributed by atoms with Crippen LogP contribution in [-0.2, 0) is 32.7 Å². The highest BCUT2D eigenvalue weighted by molar-refractivity contribution is 7.47. The van der Waals surface area contributed by atoms with Crippen LogP contribution in [0.5, 0.6) is 0 Å². The molecule has 0 aliphatic carbocycles. The number of hydrogen-bond acceptors (Lipinski definition) is 7. The molecular formula is C46H79NO8P+. The summed E-state index contributed by atoms with van der Waals surface area (Å²) in [5.41, 5.74) is 0. The predicted octanol–water partition coefficient (Wildman–Crippen LogP) is 12.0. The minimum atomic E-state index is -4.41. The van der Waals surface area contributed by atoms with Crippen LogP contribution in [-0.4, -0.2) is 74.9 Å². The summed E-state index contributed by atoms with van der Waals surface area (Å²) in [6, 6.07) is 0. The van der Waals surface area contributed by atoms with Crippen LogP contribution in [0.3, 0.4) is 0 Å². The van der Waals surface area contributed by atoms with E-state index >= 15 is 0 Å². The number of phosphoric ester groups is 1. The molecule has 0 saturated heterocycles. The SMILES string of the molecule is CCC/C=C\C/C=C\C/C=C\C/C=C\C/C=C\CCC(=O)OC(COC(=O)CC/C=C\C/C=C\CCCCCCCCCC)COP(=O)(O)OCC[N+](C)(C)C. The van der Waals surface area contributed by atoms with Crippen molar-refractivity contribution in [1.29, 1.82) is 0 Å². The van der Waals surface area contributed by atoms with Gasteiger partial charge in [0.05, 0.1) is 27.7 Å². The molecule has 0 aliphatic heterocycles. The Morgan fingerprint density at radius 1 is 0.554 bits per heavy atom. The zero-order valence-corrected chi connectivity index (χ0v) is 36.7. The highest BCUT2D eigenvalue weighted by Crippen LogP contribution is 2.43. The third-order valence-corrected chi connectivity index (χ3v) is 9.39. The lowest BCUT2D eigenvalue weighted by molar-refractivity contribution is -0.870. The summed E-state index contributed by atoms with van der Waals surface area (Å²) in [4.78, 5) is 35.2. The molecule has 0 radical (unpaired) electrons. The van der Waals surface area contributed by atoms with Crippen LogP contribution in [0, 0.1) is 0 Å². The molecule has 2 atom stereocenters. The van der Waals surface area contributed by atoms with Crippen LogP contribution in [0.2, 0.25) is 0 Å². The largest absolute Gasteiger partial charge is 0.472 e. The number of carbonyl (C=O) groups excluding carboxylic acids is 2. The molecule has 0 spiro atoms. The molecule has 0 heterocycles. The smallest absolute Gasteiger partial charge is 0.462 e. The van der Waals surface area contributed by atoms with Gasteiger partial charge in [0.1, 0.15) is 19.8 Å². The van der Waals surface area contributed by atoms with Gasteiger partial charge < -0.3 is 18.9 Å². The van der Waals surface area contributed by atoms with Gasteiger partial charge in [0, 0.05) is 12.8 Å². The Morgan fingerprint density at radius 2 is 1.00 bits per heavy atom. The maximum Gasteiger partial charge on any atom is 0.472 e. The molecule has 0 amide bonds. The van der Waals surface area contributed by atoms with Crippen LogP contribution >= 0.6 is 7.82 Å². The van der Waals surface area contributed by atoms with Gasteiger partial charge in [-0.2, -0.15) is 0 Å². The molecule has 0 fully saturated rings. The van der Waals surface area contributed by atoms with Crippen molar-refractivity contribution in [3.63, 3.8) is 0 Å². The number of phosphoric acid groups is 1. The molecule has 0 saturated carbocycles. The lowest BCUT2D eigenvalue weighted by atomic mass is 10.1. The Kier molecular flexibility index (Phi) is 35.9. The molecule has 0 aliphatic rings. The van der Waals surface area contributed by atoms with Gasteiger partial charge in [0.15, 0.2) is 6.10 Å². The molecule has 2 unspecified atom stereocenters. The van der Waals surface area contributed by atoms with Crippen LogP contribution in [0.4, 0.5) is 0 Å². The first kappa shape index (κ1) is 53.2. The monoisotopic (exact) mass is 805 g/mol. The minimum Gasteiger partial charge on any atom is -0.462 e. The number of likely N-dealkylation sites (N-methyl/N-ethyl adjacent to an activating group) is 1. The first-order chi connectivity index (χ1) is 27.0. The highest BCUT2D eigenvalue weighted by Gasteiger charge is 2.27. The lowest BCUT2D eigenvalue weighted by Crippen LogP contribution is -2.37. The van der Waals surface area contributed by atoms with E-state index in [0.717, 1.165) is 44.9 Å². The number of esters is 2. The average molecular weight is 805 g/mol. The molecule has 56 heavy (non-hydrogen) atoms. The van der Waals surface area contributed by atoms with Crippen molar-refractivity contribution in [3.05, 3.63) is 85.1 Å². The topological polar surface area (TPSA) is 108 Å². The molecule has 0 aromatic rings. The second kappa shape index (κ2) is 37.7. The van der Waals surface area contributed by atoms with E-state index in [1.165, 1.54) is 57.8 Å². The normalized spacial score (nSPS) is 14.5. The Balaban J connectivity index is 4.60. The fraction of sp³-hybridized carbons (Fsp3) is 0.652. The fourth-order valence-electron chi connectivity index (χ4n) is 5.06. The molecule has 9 nitrogen and oxygen atoms in total. The van der Waals surface area contributed by atoms with Crippen molar-refractivity contribution < 1.29 is 42.1 Å². The van der Waals surface area contributed by atoms with E-state index in [-0.39, 0.29) is 26.1 Å². The minimum absolute atomic E-state index is 0.00653. The number of ether oxygens (including phenoxy) is 2. The quantitative estimate of drug-likeness (QED) is 0.0217. The Morgan fingerprint density at radius 3 is 1.50 bits per heavy atom. The van der Waals surface area contributed by atoms with Gasteiger partial charge in [-0.25, -0.2) is 4.57 Å². The molecule has 10 heteroatoms. The average Bonchev–Trinajstić information content (AvgIpc) is 3.15. The number of allylic oxidation sites excluding steroid dienone is 14. The second-order valence-electron chi connectivity index (χ2n) is 15.0. The number of carbonyl (C=O) groups is 2. The number of rotatable bonds is 37. The molecule has 0 aromatic heterocycles. The summed E-state index contributed by atoms with van der Waals surface area (Å²) in [7, 11) is 1.39. The van der Waals surface area contributed by atoms with Crippen LogP contribution in [0.15, 0.2) is 85.1 Å². The van der Waals surface area contributed by atoms with E-state index in [0.29, 0.717) is 23.9 Å². The van der Waals surface area contributed by atoms with E-state index in [9.17, 15) is 19.0 Å². The third-order valence-electron chi connectivity index (χ3n) is 8.41.